The monoisotopic (exact) mass is 330 g/mol. The fraction of sp³-hybridized carbons (Fsp3) is 1.00. The molecular formula is C16H38N2OSi2. The predicted molar refractivity (Wildman–Crippen MR) is 99.4 cm³/mol. The van der Waals surface area contributed by atoms with E-state index in [1.807, 2.05) is 0 Å². The van der Waals surface area contributed by atoms with Crippen molar-refractivity contribution in [1.29, 1.82) is 0 Å². The molecule has 0 saturated carbocycles. The van der Waals surface area contributed by atoms with Crippen LogP contribution in [0.3, 0.4) is 0 Å². The van der Waals surface area contributed by atoms with Crippen LogP contribution in [0, 0.1) is 0 Å². The summed E-state index contributed by atoms with van der Waals surface area (Å²) in [5.41, 5.74) is 0.0689. The van der Waals surface area contributed by atoms with Crippen molar-refractivity contribution in [2.75, 3.05) is 32.7 Å². The van der Waals surface area contributed by atoms with Crippen LogP contribution >= 0.6 is 0 Å². The molecule has 0 atom stereocenters. The van der Waals surface area contributed by atoms with E-state index in [4.69, 9.17) is 4.43 Å². The summed E-state index contributed by atoms with van der Waals surface area (Å²) in [4.78, 5) is 2.66. The maximum atomic E-state index is 5.96. The normalized spacial score (nSPS) is 19.7. The Morgan fingerprint density at radius 3 is 1.90 bits per heavy atom. The van der Waals surface area contributed by atoms with Gasteiger partial charge in [0.2, 0.25) is 0 Å². The molecule has 0 aliphatic carbocycles. The molecule has 0 aromatic rings. The van der Waals surface area contributed by atoms with Gasteiger partial charge in [0, 0.05) is 31.8 Å². The summed E-state index contributed by atoms with van der Waals surface area (Å²) >= 11 is 0. The molecule has 5 heteroatoms. The standard InChI is InChI=1S/C16H38N2OSi2/c1-7-21(8-2,9-3)18-12-10-17(11-13-18)14-15-20-19-16(4,5)6/h7-15,20H2,1-6H3. The van der Waals surface area contributed by atoms with Crippen LogP contribution in [0.5, 0.6) is 0 Å². The lowest BCUT2D eigenvalue weighted by Gasteiger charge is -2.46. The molecule has 0 aromatic carbocycles. The maximum absolute atomic E-state index is 5.96. The summed E-state index contributed by atoms with van der Waals surface area (Å²) in [5, 5.41) is 0. The summed E-state index contributed by atoms with van der Waals surface area (Å²) in [7, 11) is -1.46. The van der Waals surface area contributed by atoms with Crippen LogP contribution in [-0.2, 0) is 4.43 Å². The predicted octanol–water partition coefficient (Wildman–Crippen LogP) is 2.93. The Morgan fingerprint density at radius 2 is 1.48 bits per heavy atom. The summed E-state index contributed by atoms with van der Waals surface area (Å²) < 4.78 is 8.85. The minimum atomic E-state index is -1.12. The van der Waals surface area contributed by atoms with Gasteiger partial charge in [0.25, 0.3) is 0 Å². The fourth-order valence-corrected chi connectivity index (χ4v) is 8.86. The van der Waals surface area contributed by atoms with E-state index in [-0.39, 0.29) is 15.4 Å². The lowest BCUT2D eigenvalue weighted by Crippen LogP contribution is -2.59. The smallest absolute Gasteiger partial charge is 0.163 e. The SMILES string of the molecule is CC[Si](CC)(CC)N1CCN(CC[SiH2]OC(C)(C)C)CC1. The van der Waals surface area contributed by atoms with Crippen molar-refractivity contribution in [3.05, 3.63) is 0 Å². The van der Waals surface area contributed by atoms with Gasteiger partial charge in [-0.15, -0.1) is 0 Å². The molecule has 0 amide bonds. The average molecular weight is 331 g/mol. The zero-order valence-corrected chi connectivity index (χ0v) is 17.8. The molecular weight excluding hydrogens is 292 g/mol. The Labute approximate surface area is 136 Å². The molecule has 21 heavy (non-hydrogen) atoms. The molecule has 0 bridgehead atoms. The highest BCUT2D eigenvalue weighted by Gasteiger charge is 2.35. The number of nitrogens with zero attached hydrogens (tertiary/aromatic N) is 2. The Balaban J connectivity index is 2.29. The van der Waals surface area contributed by atoms with E-state index in [0.29, 0.717) is 0 Å². The van der Waals surface area contributed by atoms with E-state index in [9.17, 15) is 0 Å². The van der Waals surface area contributed by atoms with Crippen LogP contribution in [0.2, 0.25) is 24.2 Å². The zero-order chi connectivity index (χ0) is 15.9. The number of piperazine rings is 1. The van der Waals surface area contributed by atoms with Gasteiger partial charge in [0.1, 0.15) is 8.24 Å². The Kier molecular flexibility index (Phi) is 8.13. The fourth-order valence-electron chi connectivity index (χ4n) is 3.53. The molecule has 1 fully saturated rings. The van der Waals surface area contributed by atoms with Gasteiger partial charge in [-0.1, -0.05) is 20.8 Å². The molecule has 126 valence electrons. The highest BCUT2D eigenvalue weighted by atomic mass is 28.3. The molecule has 0 aromatic heterocycles. The molecule has 1 heterocycles. The number of rotatable bonds is 8. The van der Waals surface area contributed by atoms with E-state index in [1.165, 1.54) is 56.9 Å². The second-order valence-corrected chi connectivity index (χ2v) is 14.0. The Bertz CT molecular complexity index is 274. The summed E-state index contributed by atoms with van der Waals surface area (Å²) in [5.74, 6) is 0. The van der Waals surface area contributed by atoms with Gasteiger partial charge in [-0.25, -0.2) is 0 Å². The van der Waals surface area contributed by atoms with Crippen molar-refractivity contribution < 1.29 is 4.43 Å². The molecule has 1 rings (SSSR count). The quantitative estimate of drug-likeness (QED) is 0.503. The topological polar surface area (TPSA) is 15.7 Å². The first kappa shape index (κ1) is 19.4. The Hall–Kier alpha value is 0.314. The van der Waals surface area contributed by atoms with Gasteiger partial charge >= 0.3 is 0 Å². The van der Waals surface area contributed by atoms with Gasteiger partial charge in [-0.05, 0) is 51.5 Å². The molecule has 0 N–H and O–H groups in total. The third-order valence-corrected chi connectivity index (χ3v) is 12.6. The molecule has 0 unspecified atom stereocenters. The third kappa shape index (κ3) is 6.14. The van der Waals surface area contributed by atoms with Crippen LogP contribution in [0.4, 0.5) is 0 Å². The Morgan fingerprint density at radius 1 is 0.952 bits per heavy atom. The van der Waals surface area contributed by atoms with Crippen LogP contribution in [0.25, 0.3) is 0 Å². The highest BCUT2D eigenvalue weighted by molar-refractivity contribution is 6.77. The van der Waals surface area contributed by atoms with Crippen molar-refractivity contribution in [3.63, 3.8) is 0 Å². The maximum Gasteiger partial charge on any atom is 0.163 e. The van der Waals surface area contributed by atoms with Crippen molar-refractivity contribution in [2.45, 2.75) is 71.3 Å². The van der Waals surface area contributed by atoms with Crippen LogP contribution in [-0.4, -0.2) is 65.8 Å². The van der Waals surface area contributed by atoms with Gasteiger partial charge in [0.05, 0.1) is 0 Å². The lowest BCUT2D eigenvalue weighted by molar-refractivity contribution is 0.134. The van der Waals surface area contributed by atoms with Gasteiger partial charge < -0.3 is 13.9 Å². The van der Waals surface area contributed by atoms with E-state index in [0.717, 1.165) is 0 Å². The summed E-state index contributed by atoms with van der Waals surface area (Å²) in [6.45, 7) is 20.2. The zero-order valence-electron chi connectivity index (χ0n) is 15.4. The molecule has 1 saturated heterocycles. The third-order valence-electron chi connectivity index (χ3n) is 5.17. The van der Waals surface area contributed by atoms with Gasteiger partial charge in [-0.3, -0.25) is 0 Å². The first-order chi connectivity index (χ1) is 9.87. The van der Waals surface area contributed by atoms with Crippen molar-refractivity contribution in [1.82, 2.24) is 9.47 Å². The minimum Gasteiger partial charge on any atom is -0.419 e. The van der Waals surface area contributed by atoms with Crippen molar-refractivity contribution in [3.8, 4) is 0 Å². The average Bonchev–Trinajstić information content (AvgIpc) is 2.46. The number of hydrogen-bond donors (Lipinski definition) is 0. The summed E-state index contributed by atoms with van der Waals surface area (Å²) in [6.07, 6.45) is 0. The van der Waals surface area contributed by atoms with Crippen LogP contribution in [0.1, 0.15) is 41.5 Å². The lowest BCUT2D eigenvalue weighted by atomic mass is 10.2. The second-order valence-electron chi connectivity index (χ2n) is 7.43. The number of hydrogen-bond acceptors (Lipinski definition) is 3. The van der Waals surface area contributed by atoms with Crippen LogP contribution in [0.15, 0.2) is 0 Å². The van der Waals surface area contributed by atoms with Crippen molar-refractivity contribution in [2.24, 2.45) is 0 Å². The van der Waals surface area contributed by atoms with Crippen molar-refractivity contribution >= 4 is 18.0 Å². The molecule has 0 radical (unpaired) electrons. The highest BCUT2D eigenvalue weighted by Crippen LogP contribution is 2.26. The first-order valence-electron chi connectivity index (χ1n) is 8.98. The van der Waals surface area contributed by atoms with E-state index in [2.05, 4.69) is 51.0 Å². The van der Waals surface area contributed by atoms with E-state index in [1.54, 1.807) is 0 Å². The second kappa shape index (κ2) is 8.82. The molecule has 0 spiro atoms. The first-order valence-corrected chi connectivity index (χ1v) is 13.1. The molecule has 3 nitrogen and oxygen atoms in total. The van der Waals surface area contributed by atoms with E-state index >= 15 is 0 Å². The minimum absolute atomic E-state index is 0.0689. The van der Waals surface area contributed by atoms with Gasteiger partial charge in [0.15, 0.2) is 9.76 Å². The summed E-state index contributed by atoms with van der Waals surface area (Å²) in [6, 6.07) is 5.57. The van der Waals surface area contributed by atoms with Crippen LogP contribution < -0.4 is 0 Å². The molecule has 1 aliphatic heterocycles. The van der Waals surface area contributed by atoms with Gasteiger partial charge in [-0.2, -0.15) is 0 Å². The van der Waals surface area contributed by atoms with E-state index < -0.39 is 8.24 Å². The molecule has 1 aliphatic rings. The largest absolute Gasteiger partial charge is 0.419 e.